The minimum atomic E-state index is -4.83. The van der Waals surface area contributed by atoms with Gasteiger partial charge >= 0.3 is 18.0 Å². The molecular formula is C17H13F3N2O7. The highest BCUT2D eigenvalue weighted by atomic mass is 19.4. The van der Waals surface area contributed by atoms with Gasteiger partial charge in [-0.15, -0.1) is 13.2 Å². The number of carbonyl (C=O) groups is 2. The van der Waals surface area contributed by atoms with Gasteiger partial charge in [0.15, 0.2) is 19.0 Å². The van der Waals surface area contributed by atoms with Gasteiger partial charge in [0.2, 0.25) is 0 Å². The van der Waals surface area contributed by atoms with Gasteiger partial charge in [-0.3, -0.25) is 14.9 Å². The van der Waals surface area contributed by atoms with E-state index in [1.807, 2.05) is 0 Å². The Morgan fingerprint density at radius 1 is 1.03 bits per heavy atom. The average Bonchev–Trinajstić information content (AvgIpc) is 2.65. The predicted octanol–water partition coefficient (Wildman–Crippen LogP) is 3.05. The summed E-state index contributed by atoms with van der Waals surface area (Å²) in [6.07, 6.45) is -4.83. The van der Waals surface area contributed by atoms with Gasteiger partial charge < -0.3 is 19.5 Å². The lowest BCUT2D eigenvalue weighted by atomic mass is 10.3. The van der Waals surface area contributed by atoms with Crippen molar-refractivity contribution < 1.29 is 41.9 Å². The Hall–Kier alpha value is -3.83. The minimum absolute atomic E-state index is 0.139. The highest BCUT2D eigenvalue weighted by molar-refractivity contribution is 5.92. The summed E-state index contributed by atoms with van der Waals surface area (Å²) in [7, 11) is 0. The quantitative estimate of drug-likeness (QED) is 0.401. The smallest absolute Gasteiger partial charge is 0.475 e. The van der Waals surface area contributed by atoms with Gasteiger partial charge in [-0.2, -0.15) is 0 Å². The molecular weight excluding hydrogens is 401 g/mol. The Morgan fingerprint density at radius 2 is 1.69 bits per heavy atom. The number of nitro benzene ring substituents is 1. The number of alkyl halides is 3. The third kappa shape index (κ3) is 7.36. The molecule has 0 aliphatic carbocycles. The number of esters is 1. The van der Waals surface area contributed by atoms with Crippen LogP contribution >= 0.6 is 0 Å². The van der Waals surface area contributed by atoms with Crippen LogP contribution in [-0.2, 0) is 14.3 Å². The lowest BCUT2D eigenvalue weighted by molar-refractivity contribution is -0.385. The van der Waals surface area contributed by atoms with E-state index in [9.17, 15) is 32.9 Å². The van der Waals surface area contributed by atoms with Crippen LogP contribution in [0.5, 0.6) is 11.5 Å². The molecule has 29 heavy (non-hydrogen) atoms. The summed E-state index contributed by atoms with van der Waals surface area (Å²) in [6, 6.07) is 9.72. The number of para-hydroxylation sites is 2. The standard InChI is InChI=1S/C17H13F3N2O7/c18-17(19,20)29-12-7-5-11(6-8-12)21-15(23)9-28-16(24)10-27-14-4-2-1-3-13(14)22(25)26/h1-8H,9-10H2,(H,21,23). The lowest BCUT2D eigenvalue weighted by Crippen LogP contribution is -2.23. The van der Waals surface area contributed by atoms with E-state index < -0.39 is 42.1 Å². The number of nitrogens with zero attached hydrogens (tertiary/aromatic N) is 1. The number of halogens is 3. The Morgan fingerprint density at radius 3 is 2.31 bits per heavy atom. The second-order valence-electron chi connectivity index (χ2n) is 5.29. The highest BCUT2D eigenvalue weighted by Crippen LogP contribution is 2.26. The number of benzene rings is 2. The predicted molar refractivity (Wildman–Crippen MR) is 91.3 cm³/mol. The molecule has 0 aliphatic heterocycles. The van der Waals surface area contributed by atoms with Crippen molar-refractivity contribution >= 4 is 23.3 Å². The number of ether oxygens (including phenoxy) is 3. The Balaban J connectivity index is 1.77. The monoisotopic (exact) mass is 414 g/mol. The first-order valence-corrected chi connectivity index (χ1v) is 7.81. The van der Waals surface area contributed by atoms with Crippen LogP contribution in [0.2, 0.25) is 0 Å². The molecule has 2 aromatic rings. The molecule has 0 saturated heterocycles. The summed E-state index contributed by atoms with van der Waals surface area (Å²) in [4.78, 5) is 33.5. The van der Waals surface area contributed by atoms with E-state index in [1.54, 1.807) is 0 Å². The Bertz CT molecular complexity index is 885. The van der Waals surface area contributed by atoms with E-state index in [2.05, 4.69) is 14.8 Å². The van der Waals surface area contributed by atoms with Crippen LogP contribution in [0, 0.1) is 10.1 Å². The first kappa shape index (κ1) is 21.5. The third-order valence-electron chi connectivity index (χ3n) is 3.14. The van der Waals surface area contributed by atoms with Crippen LogP contribution in [0.1, 0.15) is 0 Å². The number of nitrogens with one attached hydrogen (secondary N) is 1. The zero-order valence-electron chi connectivity index (χ0n) is 14.5. The van der Waals surface area contributed by atoms with Crippen LogP contribution in [-0.4, -0.2) is 36.4 Å². The first-order chi connectivity index (χ1) is 13.6. The molecule has 12 heteroatoms. The van der Waals surface area contributed by atoms with Crippen LogP contribution < -0.4 is 14.8 Å². The van der Waals surface area contributed by atoms with E-state index in [1.165, 1.54) is 36.4 Å². The molecule has 1 amide bonds. The van der Waals surface area contributed by atoms with Gasteiger partial charge in [0.25, 0.3) is 5.91 Å². The van der Waals surface area contributed by atoms with Gasteiger partial charge in [-0.05, 0) is 30.3 Å². The fourth-order valence-electron chi connectivity index (χ4n) is 1.99. The van der Waals surface area contributed by atoms with E-state index in [0.29, 0.717) is 0 Å². The Kier molecular flexibility index (Phi) is 6.95. The summed E-state index contributed by atoms with van der Waals surface area (Å²) in [6.45, 7) is -1.36. The molecule has 0 atom stereocenters. The Labute approximate surface area is 161 Å². The minimum Gasteiger partial charge on any atom is -0.475 e. The molecule has 1 N–H and O–H groups in total. The van der Waals surface area contributed by atoms with Crippen LogP contribution in [0.25, 0.3) is 0 Å². The SMILES string of the molecule is O=C(COC(=O)COc1ccccc1[N+](=O)[O-])Nc1ccc(OC(F)(F)F)cc1. The van der Waals surface area contributed by atoms with Crippen LogP contribution in [0.4, 0.5) is 24.5 Å². The van der Waals surface area contributed by atoms with Crippen LogP contribution in [0.3, 0.4) is 0 Å². The largest absolute Gasteiger partial charge is 0.573 e. The number of rotatable bonds is 8. The molecule has 0 bridgehead atoms. The molecule has 2 aromatic carbocycles. The van der Waals surface area contributed by atoms with Crippen molar-refractivity contribution in [3.63, 3.8) is 0 Å². The molecule has 0 fully saturated rings. The third-order valence-corrected chi connectivity index (χ3v) is 3.14. The summed E-state index contributed by atoms with van der Waals surface area (Å²) in [5.74, 6) is -2.31. The summed E-state index contributed by atoms with van der Waals surface area (Å²) < 4.78 is 49.6. The molecule has 0 spiro atoms. The van der Waals surface area contributed by atoms with Crippen molar-refractivity contribution in [2.45, 2.75) is 6.36 Å². The zero-order valence-corrected chi connectivity index (χ0v) is 14.5. The number of carbonyl (C=O) groups excluding carboxylic acids is 2. The molecule has 0 aromatic heterocycles. The average molecular weight is 414 g/mol. The first-order valence-electron chi connectivity index (χ1n) is 7.81. The molecule has 0 radical (unpaired) electrons. The van der Waals surface area contributed by atoms with E-state index in [0.717, 1.165) is 12.1 Å². The van der Waals surface area contributed by atoms with Gasteiger partial charge in [0, 0.05) is 11.8 Å². The van der Waals surface area contributed by atoms with E-state index >= 15 is 0 Å². The van der Waals surface area contributed by atoms with E-state index in [-0.39, 0.29) is 17.1 Å². The second kappa shape index (κ2) is 9.39. The number of hydrogen-bond donors (Lipinski definition) is 1. The van der Waals surface area contributed by atoms with Crippen molar-refractivity contribution in [3.8, 4) is 11.5 Å². The van der Waals surface area contributed by atoms with Crippen molar-refractivity contribution in [1.82, 2.24) is 0 Å². The maximum absolute atomic E-state index is 12.1. The maximum atomic E-state index is 12.1. The fraction of sp³-hybridized carbons (Fsp3) is 0.176. The topological polar surface area (TPSA) is 117 Å². The number of nitro groups is 1. The molecule has 0 aliphatic rings. The second-order valence-corrected chi connectivity index (χ2v) is 5.29. The van der Waals surface area contributed by atoms with Gasteiger partial charge in [-0.25, -0.2) is 4.79 Å². The van der Waals surface area contributed by atoms with Gasteiger partial charge in [-0.1, -0.05) is 12.1 Å². The lowest BCUT2D eigenvalue weighted by Gasteiger charge is -2.10. The van der Waals surface area contributed by atoms with Gasteiger partial charge in [0.05, 0.1) is 4.92 Å². The molecule has 9 nitrogen and oxygen atoms in total. The number of hydrogen-bond acceptors (Lipinski definition) is 7. The fourth-order valence-corrected chi connectivity index (χ4v) is 1.99. The molecule has 0 unspecified atom stereocenters. The van der Waals surface area contributed by atoms with Crippen molar-refractivity contribution in [1.29, 1.82) is 0 Å². The summed E-state index contributed by atoms with van der Waals surface area (Å²) in [5, 5.41) is 13.1. The van der Waals surface area contributed by atoms with Gasteiger partial charge in [0.1, 0.15) is 5.75 Å². The zero-order chi connectivity index (χ0) is 21.4. The molecule has 154 valence electrons. The molecule has 0 heterocycles. The van der Waals surface area contributed by atoms with E-state index in [4.69, 9.17) is 4.74 Å². The maximum Gasteiger partial charge on any atom is 0.573 e. The number of amides is 1. The normalized spacial score (nSPS) is 10.7. The van der Waals surface area contributed by atoms with Crippen molar-refractivity contribution in [2.24, 2.45) is 0 Å². The highest BCUT2D eigenvalue weighted by Gasteiger charge is 2.31. The van der Waals surface area contributed by atoms with Crippen molar-refractivity contribution in [3.05, 3.63) is 58.6 Å². The summed E-state index contributed by atoms with van der Waals surface area (Å²) in [5.41, 5.74) is -0.187. The van der Waals surface area contributed by atoms with Crippen LogP contribution in [0.15, 0.2) is 48.5 Å². The number of anilines is 1. The molecule has 0 saturated carbocycles. The summed E-state index contributed by atoms with van der Waals surface area (Å²) >= 11 is 0. The van der Waals surface area contributed by atoms with Crippen molar-refractivity contribution in [2.75, 3.05) is 18.5 Å². The molecule has 2 rings (SSSR count).